The summed E-state index contributed by atoms with van der Waals surface area (Å²) in [7, 11) is -3.73. The maximum absolute atomic E-state index is 14.0. The van der Waals surface area contributed by atoms with Crippen molar-refractivity contribution < 1.29 is 17.6 Å². The minimum absolute atomic E-state index is 0.0186. The molecule has 0 bridgehead atoms. The molecule has 178 valence electrons. The van der Waals surface area contributed by atoms with Crippen LogP contribution < -0.4 is 4.90 Å². The molecule has 2 fully saturated rings. The van der Waals surface area contributed by atoms with E-state index in [1.165, 1.54) is 22.5 Å². The summed E-state index contributed by atoms with van der Waals surface area (Å²) in [6.07, 6.45) is 0.912. The molecular weight excluding hydrogens is 488 g/mol. The van der Waals surface area contributed by atoms with Crippen molar-refractivity contribution in [3.05, 3.63) is 63.9 Å². The average molecular weight is 514 g/mol. The first-order chi connectivity index (χ1) is 15.7. The minimum Gasteiger partial charge on any atom is -0.368 e. The molecule has 2 heterocycles. The molecule has 0 saturated carbocycles. The molecule has 0 spiro atoms. The lowest BCUT2D eigenvalue weighted by molar-refractivity contribution is -0.137. The number of rotatable bonds is 5. The zero-order valence-corrected chi connectivity index (χ0v) is 20.4. The van der Waals surface area contributed by atoms with Crippen LogP contribution in [0.4, 0.5) is 10.1 Å². The lowest BCUT2D eigenvalue weighted by atomic mass is 9.96. The van der Waals surface area contributed by atoms with Crippen LogP contribution in [0.5, 0.6) is 0 Å². The number of sulfonamides is 1. The Morgan fingerprint density at radius 2 is 1.64 bits per heavy atom. The van der Waals surface area contributed by atoms with Crippen molar-refractivity contribution in [3.63, 3.8) is 0 Å². The highest BCUT2D eigenvalue weighted by molar-refractivity contribution is 7.88. The SMILES string of the molecule is O=C(C1CCN(S(=O)(=O)Cc2c(F)cccc2Cl)CC1)N1CCN(c2cccc(Cl)c2)CC1. The summed E-state index contributed by atoms with van der Waals surface area (Å²) in [6, 6.07) is 11.8. The van der Waals surface area contributed by atoms with Crippen molar-refractivity contribution in [2.75, 3.05) is 44.2 Å². The number of amides is 1. The first kappa shape index (κ1) is 24.3. The Morgan fingerprint density at radius 3 is 2.27 bits per heavy atom. The number of hydrogen-bond donors (Lipinski definition) is 0. The maximum atomic E-state index is 14.0. The Hall–Kier alpha value is -1.87. The fourth-order valence-electron chi connectivity index (χ4n) is 4.44. The van der Waals surface area contributed by atoms with E-state index in [2.05, 4.69) is 4.90 Å². The minimum atomic E-state index is -3.73. The normalized spacial score (nSPS) is 18.5. The number of piperazine rings is 1. The second-order valence-corrected chi connectivity index (χ2v) is 11.2. The first-order valence-corrected chi connectivity index (χ1v) is 13.3. The third-order valence-electron chi connectivity index (χ3n) is 6.35. The number of nitrogens with zero attached hydrogens (tertiary/aromatic N) is 3. The number of benzene rings is 2. The number of carbonyl (C=O) groups is 1. The van der Waals surface area contributed by atoms with Crippen molar-refractivity contribution in [2.24, 2.45) is 5.92 Å². The molecule has 1 amide bonds. The Kier molecular flexibility index (Phi) is 7.48. The van der Waals surface area contributed by atoms with Crippen LogP contribution in [-0.4, -0.2) is 62.8 Å². The molecule has 2 saturated heterocycles. The van der Waals surface area contributed by atoms with Crippen LogP contribution in [0.1, 0.15) is 18.4 Å². The van der Waals surface area contributed by atoms with Crippen LogP contribution in [0.15, 0.2) is 42.5 Å². The molecule has 4 rings (SSSR count). The highest BCUT2D eigenvalue weighted by atomic mass is 35.5. The van der Waals surface area contributed by atoms with E-state index in [1.54, 1.807) is 0 Å². The molecular formula is C23H26Cl2FN3O3S. The van der Waals surface area contributed by atoms with E-state index in [9.17, 15) is 17.6 Å². The van der Waals surface area contributed by atoms with Crippen LogP contribution >= 0.6 is 23.2 Å². The molecule has 2 aliphatic rings. The monoisotopic (exact) mass is 513 g/mol. The van der Waals surface area contributed by atoms with Gasteiger partial charge in [-0.05, 0) is 43.2 Å². The highest BCUT2D eigenvalue weighted by Crippen LogP contribution is 2.27. The van der Waals surface area contributed by atoms with Gasteiger partial charge in [0.15, 0.2) is 0 Å². The largest absolute Gasteiger partial charge is 0.368 e. The van der Waals surface area contributed by atoms with E-state index >= 15 is 0 Å². The van der Waals surface area contributed by atoms with Gasteiger partial charge in [-0.15, -0.1) is 0 Å². The quantitative estimate of drug-likeness (QED) is 0.605. The van der Waals surface area contributed by atoms with Crippen molar-refractivity contribution in [3.8, 4) is 0 Å². The second kappa shape index (κ2) is 10.2. The van der Waals surface area contributed by atoms with Gasteiger partial charge >= 0.3 is 0 Å². The standard InChI is InChI=1S/C23H26Cl2FN3O3S/c24-18-3-1-4-19(15-18)27-11-13-28(14-12-27)23(30)17-7-9-29(10-8-17)33(31,32)16-20-21(25)5-2-6-22(20)26/h1-6,15,17H,7-14,16H2. The smallest absolute Gasteiger partial charge is 0.225 e. The van der Waals surface area contributed by atoms with E-state index in [4.69, 9.17) is 23.2 Å². The number of hydrogen-bond acceptors (Lipinski definition) is 4. The van der Waals surface area contributed by atoms with Crippen LogP contribution in [0.2, 0.25) is 10.0 Å². The summed E-state index contributed by atoms with van der Waals surface area (Å²) < 4.78 is 41.0. The van der Waals surface area contributed by atoms with Crippen LogP contribution in [-0.2, 0) is 20.6 Å². The molecule has 0 atom stereocenters. The van der Waals surface area contributed by atoms with Gasteiger partial charge in [0.1, 0.15) is 5.82 Å². The van der Waals surface area contributed by atoms with Gasteiger partial charge in [-0.1, -0.05) is 35.3 Å². The molecule has 0 unspecified atom stereocenters. The molecule has 0 radical (unpaired) electrons. The lowest BCUT2D eigenvalue weighted by Crippen LogP contribution is -2.52. The summed E-state index contributed by atoms with van der Waals surface area (Å²) in [5.74, 6) is -1.24. The summed E-state index contributed by atoms with van der Waals surface area (Å²) >= 11 is 12.1. The number of halogens is 3. The maximum Gasteiger partial charge on any atom is 0.225 e. The van der Waals surface area contributed by atoms with E-state index < -0.39 is 21.6 Å². The Bertz CT molecular complexity index is 1100. The molecule has 2 aliphatic heterocycles. The summed E-state index contributed by atoms with van der Waals surface area (Å²) in [6.45, 7) is 3.18. The van der Waals surface area contributed by atoms with Crippen molar-refractivity contribution >= 4 is 44.8 Å². The second-order valence-electron chi connectivity index (χ2n) is 8.42. The number of carbonyl (C=O) groups excluding carboxylic acids is 1. The van der Waals surface area contributed by atoms with Gasteiger partial charge in [-0.25, -0.2) is 17.1 Å². The van der Waals surface area contributed by atoms with Gasteiger partial charge in [0, 0.05) is 66.5 Å². The van der Waals surface area contributed by atoms with Gasteiger partial charge in [-0.2, -0.15) is 0 Å². The van der Waals surface area contributed by atoms with Gasteiger partial charge in [0.05, 0.1) is 5.75 Å². The number of piperidine rings is 1. The third-order valence-corrected chi connectivity index (χ3v) is 8.74. The van der Waals surface area contributed by atoms with Crippen molar-refractivity contribution in [2.45, 2.75) is 18.6 Å². The van der Waals surface area contributed by atoms with Crippen LogP contribution in [0, 0.1) is 11.7 Å². The predicted molar refractivity (Wildman–Crippen MR) is 129 cm³/mol. The van der Waals surface area contributed by atoms with Crippen molar-refractivity contribution in [1.29, 1.82) is 0 Å². The Balaban J connectivity index is 1.30. The van der Waals surface area contributed by atoms with E-state index in [-0.39, 0.29) is 35.5 Å². The Labute approximate surface area is 203 Å². The molecule has 2 aromatic rings. The predicted octanol–water partition coefficient (Wildman–Crippen LogP) is 4.02. The lowest BCUT2D eigenvalue weighted by Gasteiger charge is -2.39. The summed E-state index contributed by atoms with van der Waals surface area (Å²) in [4.78, 5) is 17.1. The average Bonchev–Trinajstić information content (AvgIpc) is 2.81. The van der Waals surface area contributed by atoms with Gasteiger partial charge < -0.3 is 9.80 Å². The highest BCUT2D eigenvalue weighted by Gasteiger charge is 2.34. The third kappa shape index (κ3) is 5.62. The van der Waals surface area contributed by atoms with E-state index in [0.29, 0.717) is 31.0 Å². The molecule has 10 heteroatoms. The summed E-state index contributed by atoms with van der Waals surface area (Å²) in [5, 5.41) is 0.783. The van der Waals surface area contributed by atoms with E-state index in [1.807, 2.05) is 29.2 Å². The number of anilines is 1. The van der Waals surface area contributed by atoms with Crippen molar-refractivity contribution in [1.82, 2.24) is 9.21 Å². The molecule has 2 aromatic carbocycles. The summed E-state index contributed by atoms with van der Waals surface area (Å²) in [5.41, 5.74) is 1.03. The molecule has 0 aliphatic carbocycles. The zero-order valence-electron chi connectivity index (χ0n) is 18.1. The molecule has 6 nitrogen and oxygen atoms in total. The molecule has 33 heavy (non-hydrogen) atoms. The molecule has 0 aromatic heterocycles. The van der Waals surface area contributed by atoms with Crippen LogP contribution in [0.25, 0.3) is 0 Å². The fourth-order valence-corrected chi connectivity index (χ4v) is 6.54. The van der Waals surface area contributed by atoms with Gasteiger partial charge in [0.2, 0.25) is 15.9 Å². The fraction of sp³-hybridized carbons (Fsp3) is 0.435. The topological polar surface area (TPSA) is 60.9 Å². The van der Waals surface area contributed by atoms with Gasteiger partial charge in [-0.3, -0.25) is 4.79 Å². The molecule has 0 N–H and O–H groups in total. The Morgan fingerprint density at radius 1 is 0.970 bits per heavy atom. The first-order valence-electron chi connectivity index (χ1n) is 10.9. The van der Waals surface area contributed by atoms with Crippen LogP contribution in [0.3, 0.4) is 0 Å². The zero-order chi connectivity index (χ0) is 23.6. The van der Waals surface area contributed by atoms with E-state index in [0.717, 1.165) is 18.8 Å². The van der Waals surface area contributed by atoms with Gasteiger partial charge in [0.25, 0.3) is 0 Å².